The van der Waals surface area contributed by atoms with E-state index in [0.29, 0.717) is 53.6 Å². The van der Waals surface area contributed by atoms with Crippen molar-refractivity contribution < 1.29 is 32.2 Å². The molecule has 3 heterocycles. The Kier molecular flexibility index (Phi) is 9.87. The lowest BCUT2D eigenvalue weighted by Gasteiger charge is -2.42. The zero-order valence-electron chi connectivity index (χ0n) is 28.6. The fourth-order valence-corrected chi connectivity index (χ4v) is 9.37. The highest BCUT2D eigenvalue weighted by Crippen LogP contribution is 2.55. The number of ether oxygens (including phenoxy) is 3. The highest BCUT2D eigenvalue weighted by molar-refractivity contribution is 7.93. The molecule has 2 atom stereocenters. The standard InChI is InChI=1S/C36H43ClN4O7S/c1-38(2)34(42)30-10-9-19-40(30)36(28-20-24(11-15-31(28)47-4)23-39-17-7-6-8-18-39)27-21-25(37)12-14-29(27)41(35(36)43)49(44,45)33-16-13-26(46-3)22-32(33)48-5/h11-16,20-22,30H,6-10,17-19,23H2,1-5H3/t30?,36-/m0/s1. The van der Waals surface area contributed by atoms with Crippen LogP contribution in [0.15, 0.2) is 59.5 Å². The van der Waals surface area contributed by atoms with Gasteiger partial charge >= 0.3 is 0 Å². The van der Waals surface area contributed by atoms with E-state index in [4.69, 9.17) is 25.8 Å². The molecule has 0 aliphatic carbocycles. The van der Waals surface area contributed by atoms with Gasteiger partial charge in [-0.25, -0.2) is 12.7 Å². The summed E-state index contributed by atoms with van der Waals surface area (Å²) in [6, 6.07) is 14.1. The van der Waals surface area contributed by atoms with Crippen LogP contribution in [0.4, 0.5) is 5.69 Å². The van der Waals surface area contributed by atoms with Crippen molar-refractivity contribution in [3.63, 3.8) is 0 Å². The molecular weight excluding hydrogens is 668 g/mol. The summed E-state index contributed by atoms with van der Waals surface area (Å²) in [7, 11) is 3.11. The van der Waals surface area contributed by atoms with Gasteiger partial charge in [0.25, 0.3) is 15.9 Å². The third-order valence-electron chi connectivity index (χ3n) is 9.87. The van der Waals surface area contributed by atoms with E-state index < -0.39 is 27.5 Å². The van der Waals surface area contributed by atoms with Crippen molar-refractivity contribution in [2.75, 3.05) is 59.4 Å². The second-order valence-electron chi connectivity index (χ2n) is 12.9. The Bertz CT molecular complexity index is 1860. The average Bonchev–Trinajstić information content (AvgIpc) is 3.68. The molecule has 3 aromatic carbocycles. The van der Waals surface area contributed by atoms with Gasteiger partial charge in [0, 0.05) is 49.4 Å². The predicted octanol–water partition coefficient (Wildman–Crippen LogP) is 4.88. The number of rotatable bonds is 10. The molecule has 0 N–H and O–H groups in total. The van der Waals surface area contributed by atoms with Crippen LogP contribution in [0, 0.1) is 0 Å². The molecule has 0 bridgehead atoms. The lowest BCUT2D eigenvalue weighted by molar-refractivity contribution is -0.138. The maximum Gasteiger partial charge on any atom is 0.274 e. The topological polar surface area (TPSA) is 109 Å². The Hall–Kier alpha value is -3.84. The Balaban J connectivity index is 1.64. The second kappa shape index (κ2) is 13.8. The average molecular weight is 711 g/mol. The van der Waals surface area contributed by atoms with Gasteiger partial charge in [-0.05, 0) is 86.8 Å². The minimum Gasteiger partial charge on any atom is -0.497 e. The zero-order valence-corrected chi connectivity index (χ0v) is 30.1. The third kappa shape index (κ3) is 5.92. The van der Waals surface area contributed by atoms with Gasteiger partial charge < -0.3 is 19.1 Å². The molecule has 1 unspecified atom stereocenters. The van der Waals surface area contributed by atoms with E-state index in [2.05, 4.69) is 4.90 Å². The minimum atomic E-state index is -4.61. The summed E-state index contributed by atoms with van der Waals surface area (Å²) in [6.45, 7) is 2.92. The molecular formula is C36H43ClN4O7S. The number of likely N-dealkylation sites (N-methyl/N-ethyl adjacent to an activating group) is 1. The first-order valence-electron chi connectivity index (χ1n) is 16.5. The van der Waals surface area contributed by atoms with Gasteiger partial charge in [-0.1, -0.05) is 24.1 Å². The lowest BCUT2D eigenvalue weighted by Crippen LogP contribution is -2.59. The van der Waals surface area contributed by atoms with E-state index in [0.717, 1.165) is 35.8 Å². The summed E-state index contributed by atoms with van der Waals surface area (Å²) in [5.41, 5.74) is 0.104. The summed E-state index contributed by atoms with van der Waals surface area (Å²) in [4.78, 5) is 35.0. The highest BCUT2D eigenvalue weighted by Gasteiger charge is 2.63. The van der Waals surface area contributed by atoms with Crippen molar-refractivity contribution in [1.82, 2.24) is 14.7 Å². The van der Waals surface area contributed by atoms with Crippen molar-refractivity contribution in [3.8, 4) is 17.2 Å². The molecule has 0 aromatic heterocycles. The van der Waals surface area contributed by atoms with Crippen LogP contribution in [0.3, 0.4) is 0 Å². The van der Waals surface area contributed by atoms with E-state index >= 15 is 4.79 Å². The van der Waals surface area contributed by atoms with Crippen LogP contribution in [0.25, 0.3) is 0 Å². The molecule has 3 aromatic rings. The second-order valence-corrected chi connectivity index (χ2v) is 15.1. The molecule has 262 valence electrons. The maximum absolute atomic E-state index is 15.6. The number of halogens is 1. The molecule has 2 saturated heterocycles. The number of piperidine rings is 1. The first-order chi connectivity index (χ1) is 23.5. The fraction of sp³-hybridized carbons (Fsp3) is 0.444. The SMILES string of the molecule is COc1ccc(S(=O)(=O)N2C(=O)[C@](c3cc(CN4CCCCC4)ccc3OC)(N3CCCC3C(=O)N(C)C)c3cc(Cl)ccc32)c(OC)c1. The van der Waals surface area contributed by atoms with Gasteiger partial charge in [0.1, 0.15) is 22.1 Å². The number of carbonyl (C=O) groups is 2. The molecule has 0 spiro atoms. The van der Waals surface area contributed by atoms with Gasteiger partial charge in [0.05, 0.1) is 33.1 Å². The molecule has 2 fully saturated rings. The number of fused-ring (bicyclic) bond motifs is 1. The summed E-state index contributed by atoms with van der Waals surface area (Å²) in [5.74, 6) is -0.138. The van der Waals surface area contributed by atoms with Crippen LogP contribution in [-0.2, 0) is 31.7 Å². The lowest BCUT2D eigenvalue weighted by atomic mass is 9.80. The maximum atomic E-state index is 15.6. The smallest absolute Gasteiger partial charge is 0.274 e. The Morgan fingerprint density at radius 1 is 0.878 bits per heavy atom. The van der Waals surface area contributed by atoms with Crippen LogP contribution >= 0.6 is 11.6 Å². The third-order valence-corrected chi connectivity index (χ3v) is 11.8. The summed E-state index contributed by atoms with van der Waals surface area (Å²) < 4.78 is 47.3. The van der Waals surface area contributed by atoms with Crippen LogP contribution in [0.2, 0.25) is 5.02 Å². The van der Waals surface area contributed by atoms with Crippen LogP contribution in [0.1, 0.15) is 48.8 Å². The number of nitrogens with zero attached hydrogens (tertiary/aromatic N) is 4. The molecule has 3 aliphatic heterocycles. The van der Waals surface area contributed by atoms with E-state index in [1.807, 2.05) is 23.1 Å². The van der Waals surface area contributed by atoms with Crippen molar-refractivity contribution in [2.45, 2.75) is 55.1 Å². The summed E-state index contributed by atoms with van der Waals surface area (Å²) in [6.07, 6.45) is 4.52. The van der Waals surface area contributed by atoms with Crippen molar-refractivity contribution in [1.29, 1.82) is 0 Å². The molecule has 2 amide bonds. The number of benzene rings is 3. The van der Waals surface area contributed by atoms with Gasteiger partial charge in [-0.15, -0.1) is 0 Å². The Morgan fingerprint density at radius 3 is 2.29 bits per heavy atom. The molecule has 11 nitrogen and oxygen atoms in total. The van der Waals surface area contributed by atoms with Crippen LogP contribution in [0.5, 0.6) is 17.2 Å². The molecule has 0 radical (unpaired) electrons. The van der Waals surface area contributed by atoms with Gasteiger partial charge in [0.15, 0.2) is 5.54 Å². The summed E-state index contributed by atoms with van der Waals surface area (Å²) >= 11 is 6.69. The van der Waals surface area contributed by atoms with E-state index in [9.17, 15) is 13.2 Å². The highest BCUT2D eigenvalue weighted by atomic mass is 35.5. The zero-order chi connectivity index (χ0) is 35.1. The first kappa shape index (κ1) is 35.0. The fourth-order valence-electron chi connectivity index (χ4n) is 7.60. The predicted molar refractivity (Wildman–Crippen MR) is 187 cm³/mol. The number of anilines is 1. The quantitative estimate of drug-likeness (QED) is 0.291. The summed E-state index contributed by atoms with van der Waals surface area (Å²) in [5, 5.41) is 0.315. The van der Waals surface area contributed by atoms with E-state index in [-0.39, 0.29) is 22.2 Å². The molecule has 3 aliphatic rings. The monoisotopic (exact) mass is 710 g/mol. The molecule has 0 saturated carbocycles. The number of carbonyl (C=O) groups excluding carboxylic acids is 2. The first-order valence-corrected chi connectivity index (χ1v) is 18.3. The Morgan fingerprint density at radius 2 is 1.61 bits per heavy atom. The number of likely N-dealkylation sites (tertiary alicyclic amines) is 2. The van der Waals surface area contributed by atoms with E-state index in [1.54, 1.807) is 32.3 Å². The molecule has 13 heteroatoms. The van der Waals surface area contributed by atoms with Crippen molar-refractivity contribution in [2.24, 2.45) is 0 Å². The van der Waals surface area contributed by atoms with Gasteiger partial charge in [-0.2, -0.15) is 0 Å². The molecule has 49 heavy (non-hydrogen) atoms. The number of methoxy groups -OCH3 is 3. The minimum absolute atomic E-state index is 0.0168. The van der Waals surface area contributed by atoms with E-state index in [1.165, 1.54) is 50.8 Å². The van der Waals surface area contributed by atoms with Gasteiger partial charge in [-0.3, -0.25) is 19.4 Å². The Labute approximate surface area is 293 Å². The van der Waals surface area contributed by atoms with Crippen LogP contribution < -0.4 is 18.5 Å². The largest absolute Gasteiger partial charge is 0.497 e. The number of hydrogen-bond donors (Lipinski definition) is 0. The van der Waals surface area contributed by atoms with Gasteiger partial charge in [0.2, 0.25) is 5.91 Å². The number of hydrogen-bond acceptors (Lipinski definition) is 9. The van der Waals surface area contributed by atoms with Crippen molar-refractivity contribution in [3.05, 3.63) is 76.3 Å². The number of amides is 2. The normalized spacial score (nSPS) is 21.5. The number of sulfonamides is 1. The molecule has 6 rings (SSSR count). The van der Waals surface area contributed by atoms with Crippen LogP contribution in [-0.4, -0.2) is 96.0 Å². The van der Waals surface area contributed by atoms with Crippen molar-refractivity contribution >= 4 is 39.1 Å².